The summed E-state index contributed by atoms with van der Waals surface area (Å²) in [4.78, 5) is 3.45. The van der Waals surface area contributed by atoms with Gasteiger partial charge in [0.2, 0.25) is 0 Å². The van der Waals surface area contributed by atoms with E-state index in [1.54, 1.807) is 0 Å². The van der Waals surface area contributed by atoms with Crippen LogP contribution in [0.15, 0.2) is 0 Å². The summed E-state index contributed by atoms with van der Waals surface area (Å²) in [5, 5.41) is 0. The van der Waals surface area contributed by atoms with Gasteiger partial charge in [0.1, 0.15) is 0 Å². The molecule has 28 valence electrons. The molecule has 0 saturated heterocycles. The predicted octanol–water partition coefficient (Wildman–Crippen LogP) is 0.139. The monoisotopic (exact) mass is 71.0 g/mol. The Morgan fingerprint density at radius 3 is 2.60 bits per heavy atom. The Balaban J connectivity index is 2.40. The molecule has 4 heteroatoms. The number of rotatable bonds is 2. The van der Waals surface area contributed by atoms with E-state index in [0.29, 0.717) is 7.15 Å². The molecule has 0 atom stereocenters. The van der Waals surface area contributed by atoms with E-state index in [9.17, 15) is 0 Å². The second-order valence-electron chi connectivity index (χ2n) is 0.390. The minimum absolute atomic E-state index is 0.396. The van der Waals surface area contributed by atoms with Crippen LogP contribution in [0.4, 0.5) is 0 Å². The second-order valence-corrected chi connectivity index (χ2v) is 0.390. The minimum atomic E-state index is 0.396. The van der Waals surface area contributed by atoms with Gasteiger partial charge in [-0.2, -0.15) is 0 Å². The van der Waals surface area contributed by atoms with Crippen LogP contribution in [0, 0.1) is 6.51 Å². The van der Waals surface area contributed by atoms with Crippen molar-refractivity contribution in [1.82, 2.24) is 0 Å². The SMILES string of the molecule is [NH-]O[CH-]B=O. The van der Waals surface area contributed by atoms with Crippen LogP contribution in [0.25, 0.3) is 5.90 Å². The maximum absolute atomic E-state index is 9.10. The normalized spacial score (nSPS) is 5.80. The van der Waals surface area contributed by atoms with Gasteiger partial charge in [0, 0.05) is 0 Å². The standard InChI is InChI=1S/CH2BNO2/c3-5-1-2-4/h1,3H/q-2. The molecule has 0 radical (unpaired) electrons. The Hall–Kier alpha value is -0.345. The van der Waals surface area contributed by atoms with E-state index >= 15 is 0 Å². The summed E-state index contributed by atoms with van der Waals surface area (Å²) in [6, 6.07) is 0. The number of hydrogen-bond acceptors (Lipinski definition) is 2. The number of nitrogens with one attached hydrogen (secondary N) is 1. The Morgan fingerprint density at radius 1 is 2.00 bits per heavy atom. The average molecular weight is 70.8 g/mol. The molecule has 0 aliphatic heterocycles. The summed E-state index contributed by atoms with van der Waals surface area (Å²) < 4.78 is 9.10. The van der Waals surface area contributed by atoms with Crippen molar-refractivity contribution < 1.29 is 9.54 Å². The third kappa shape index (κ3) is 3.65. The average Bonchev–Trinajstić information content (AvgIpc) is 1.41. The number of hydrogen-bond donors (Lipinski definition) is 0. The van der Waals surface area contributed by atoms with Gasteiger partial charge in [0.15, 0.2) is 0 Å². The molecular weight excluding hydrogens is 68.8 g/mol. The van der Waals surface area contributed by atoms with Gasteiger partial charge >= 0.3 is 29.1 Å². The van der Waals surface area contributed by atoms with Gasteiger partial charge in [0.05, 0.1) is 0 Å². The Bertz CT molecular complexity index is 30.8. The summed E-state index contributed by atoms with van der Waals surface area (Å²) in [7, 11) is 0.396. The first-order chi connectivity index (χ1) is 2.41. The van der Waals surface area contributed by atoms with Crippen molar-refractivity contribution in [3.05, 3.63) is 12.4 Å². The molecule has 0 aliphatic rings. The molecule has 0 unspecified atom stereocenters. The first kappa shape index (κ1) is 4.65. The Kier molecular flexibility index (Phi) is 3.40. The fourth-order valence-electron chi connectivity index (χ4n) is 0.0278. The molecule has 0 aromatic carbocycles. The van der Waals surface area contributed by atoms with Crippen molar-refractivity contribution >= 4 is 7.15 Å². The molecule has 3 nitrogen and oxygen atoms in total. The van der Waals surface area contributed by atoms with E-state index in [1.807, 2.05) is 0 Å². The molecule has 0 spiro atoms. The van der Waals surface area contributed by atoms with Gasteiger partial charge in [-0.1, -0.05) is 0 Å². The first-order valence-corrected chi connectivity index (χ1v) is 1.01. The Labute approximate surface area is 30.3 Å². The van der Waals surface area contributed by atoms with Crippen LogP contribution in [0.2, 0.25) is 0 Å². The van der Waals surface area contributed by atoms with Crippen molar-refractivity contribution in [1.29, 1.82) is 0 Å². The molecule has 0 saturated carbocycles. The van der Waals surface area contributed by atoms with Gasteiger partial charge in [-0.25, -0.2) is 0 Å². The van der Waals surface area contributed by atoms with Crippen LogP contribution in [0.1, 0.15) is 0 Å². The van der Waals surface area contributed by atoms with Crippen LogP contribution >= 0.6 is 0 Å². The molecule has 5 heavy (non-hydrogen) atoms. The molecule has 0 fully saturated rings. The fourth-order valence-corrected chi connectivity index (χ4v) is 0.0278. The van der Waals surface area contributed by atoms with E-state index < -0.39 is 0 Å². The van der Waals surface area contributed by atoms with E-state index in [4.69, 9.17) is 10.6 Å². The molecule has 1 N–H and O–H groups in total. The van der Waals surface area contributed by atoms with E-state index in [1.165, 1.54) is 0 Å². The van der Waals surface area contributed by atoms with Crippen molar-refractivity contribution in [3.8, 4) is 0 Å². The van der Waals surface area contributed by atoms with E-state index in [2.05, 4.69) is 4.84 Å². The van der Waals surface area contributed by atoms with Crippen molar-refractivity contribution in [3.63, 3.8) is 0 Å². The molecule has 0 aliphatic carbocycles. The van der Waals surface area contributed by atoms with Crippen LogP contribution in [0.5, 0.6) is 0 Å². The van der Waals surface area contributed by atoms with E-state index in [0.717, 1.165) is 6.51 Å². The quantitative estimate of drug-likeness (QED) is 0.264. The third-order valence-electron chi connectivity index (χ3n) is 0.124. The van der Waals surface area contributed by atoms with Gasteiger partial charge in [-0.05, 0) is 0 Å². The summed E-state index contributed by atoms with van der Waals surface area (Å²) in [5.41, 5.74) is 0. The predicted molar refractivity (Wildman–Crippen MR) is 16.1 cm³/mol. The zero-order valence-corrected chi connectivity index (χ0v) is 2.47. The van der Waals surface area contributed by atoms with Crippen LogP contribution in [-0.4, -0.2) is 7.15 Å². The maximum atomic E-state index is 9.10. The molecule has 0 amide bonds. The van der Waals surface area contributed by atoms with Crippen molar-refractivity contribution in [2.45, 2.75) is 0 Å². The van der Waals surface area contributed by atoms with Gasteiger partial charge in [-0.3, -0.25) is 0 Å². The summed E-state index contributed by atoms with van der Waals surface area (Å²) >= 11 is 0. The first-order valence-electron chi connectivity index (χ1n) is 1.01. The third-order valence-corrected chi connectivity index (χ3v) is 0.124. The van der Waals surface area contributed by atoms with Gasteiger partial charge in [-0.15, -0.1) is 0 Å². The van der Waals surface area contributed by atoms with Crippen molar-refractivity contribution in [2.75, 3.05) is 0 Å². The van der Waals surface area contributed by atoms with E-state index in [-0.39, 0.29) is 0 Å². The van der Waals surface area contributed by atoms with Crippen molar-refractivity contribution in [2.24, 2.45) is 0 Å². The molecule has 0 bridgehead atoms. The second kappa shape index (κ2) is 3.65. The van der Waals surface area contributed by atoms with Crippen LogP contribution in [-0.2, 0) is 9.54 Å². The zero-order valence-electron chi connectivity index (χ0n) is 2.47. The van der Waals surface area contributed by atoms with Crippen LogP contribution in [0.3, 0.4) is 0 Å². The van der Waals surface area contributed by atoms with Gasteiger partial charge in [0.25, 0.3) is 0 Å². The van der Waals surface area contributed by atoms with Gasteiger partial charge < -0.3 is 0 Å². The van der Waals surface area contributed by atoms with Crippen LogP contribution < -0.4 is 0 Å². The topological polar surface area (TPSA) is 50.1 Å². The Morgan fingerprint density at radius 2 is 2.60 bits per heavy atom. The summed E-state index contributed by atoms with van der Waals surface area (Å²) in [5.74, 6) is 5.82. The fraction of sp³-hybridized carbons (Fsp3) is 0. The summed E-state index contributed by atoms with van der Waals surface area (Å²) in [6.07, 6.45) is 0. The molecular formula is CH2BNO2-2. The zero-order chi connectivity index (χ0) is 4.12. The molecule has 0 heterocycles. The molecule has 0 aromatic heterocycles. The summed E-state index contributed by atoms with van der Waals surface area (Å²) in [6.45, 7) is 0.736. The molecule has 0 aromatic rings. The molecule has 0 rings (SSSR count).